The fourth-order valence-electron chi connectivity index (χ4n) is 1.81. The number of aliphatic carboxylic acids is 1. The van der Waals surface area contributed by atoms with Crippen LogP contribution in [0.2, 0.25) is 0 Å². The molecule has 0 saturated carbocycles. The van der Waals surface area contributed by atoms with E-state index in [2.05, 4.69) is 5.32 Å². The fraction of sp³-hybridized carbons (Fsp3) is 0.818. The molecule has 1 aliphatic heterocycles. The van der Waals surface area contributed by atoms with Crippen LogP contribution in [0.5, 0.6) is 0 Å². The van der Waals surface area contributed by atoms with E-state index >= 15 is 0 Å². The number of carbonyl (C=O) groups is 2. The van der Waals surface area contributed by atoms with E-state index in [1.165, 1.54) is 0 Å². The van der Waals surface area contributed by atoms with Gasteiger partial charge >= 0.3 is 5.97 Å². The Balaban J connectivity index is 3.00. The number of nitrogens with one attached hydrogen (secondary N) is 1. The lowest BCUT2D eigenvalue weighted by atomic mass is 10.2. The van der Waals surface area contributed by atoms with Gasteiger partial charge in [0, 0.05) is 12.6 Å². The molecule has 2 N–H and O–H groups in total. The molecule has 0 radical (unpaired) electrons. The van der Waals surface area contributed by atoms with Gasteiger partial charge in [0.1, 0.15) is 6.04 Å². The van der Waals surface area contributed by atoms with E-state index in [-0.39, 0.29) is 25.8 Å². The van der Waals surface area contributed by atoms with E-state index in [1.807, 2.05) is 0 Å². The van der Waals surface area contributed by atoms with Gasteiger partial charge < -0.3 is 15.2 Å². The third-order valence-electron chi connectivity index (χ3n) is 2.93. The summed E-state index contributed by atoms with van der Waals surface area (Å²) >= 11 is 0. The first-order chi connectivity index (χ1) is 9.17. The first-order valence-electron chi connectivity index (χ1n) is 6.29. The van der Waals surface area contributed by atoms with Crippen molar-refractivity contribution in [2.45, 2.75) is 38.1 Å². The highest BCUT2D eigenvalue weighted by molar-refractivity contribution is 7.90. The maximum atomic E-state index is 12.2. The maximum absolute atomic E-state index is 12.2. The van der Waals surface area contributed by atoms with Gasteiger partial charge in [0.05, 0.1) is 13.2 Å². The van der Waals surface area contributed by atoms with Crippen LogP contribution in [0.4, 0.5) is 0 Å². The molecule has 0 aliphatic carbocycles. The number of nitrogens with zero attached hydrogens (tertiary/aromatic N) is 1. The number of morpholine rings is 1. The van der Waals surface area contributed by atoms with Crippen molar-refractivity contribution in [3.63, 3.8) is 0 Å². The summed E-state index contributed by atoms with van der Waals surface area (Å²) in [6, 6.07) is -1.18. The number of carbonyl (C=O) groups excluding carboxylic acids is 1. The monoisotopic (exact) mass is 308 g/mol. The lowest BCUT2D eigenvalue weighted by Gasteiger charge is -2.34. The second kappa shape index (κ2) is 6.51. The van der Waals surface area contributed by atoms with Gasteiger partial charge in [-0.25, -0.2) is 8.42 Å². The van der Waals surface area contributed by atoms with Gasteiger partial charge in [-0.3, -0.25) is 9.59 Å². The molecule has 1 fully saturated rings. The van der Waals surface area contributed by atoms with Gasteiger partial charge in [0.2, 0.25) is 15.9 Å². The summed E-state index contributed by atoms with van der Waals surface area (Å²) in [6.07, 6.45) is 0. The Morgan fingerprint density at radius 1 is 1.35 bits per heavy atom. The van der Waals surface area contributed by atoms with Crippen LogP contribution in [0, 0.1) is 0 Å². The topological polar surface area (TPSA) is 113 Å². The number of carboxylic acids is 1. The molecule has 20 heavy (non-hydrogen) atoms. The molecule has 0 bridgehead atoms. The smallest absolute Gasteiger partial charge is 0.323 e. The number of hydrogen-bond donors (Lipinski definition) is 2. The minimum atomic E-state index is -4.10. The van der Waals surface area contributed by atoms with Crippen molar-refractivity contribution in [1.29, 1.82) is 0 Å². The van der Waals surface area contributed by atoms with Crippen LogP contribution in [-0.2, 0) is 24.3 Å². The van der Waals surface area contributed by atoms with E-state index in [9.17, 15) is 18.0 Å². The third-order valence-corrected chi connectivity index (χ3v) is 5.12. The Labute approximate surface area is 118 Å². The number of carboxylic acid groups (broad SMARTS) is 1. The molecule has 0 aromatic rings. The molecule has 2 unspecified atom stereocenters. The summed E-state index contributed by atoms with van der Waals surface area (Å²) in [4.78, 5) is 22.9. The molecule has 2 atom stereocenters. The van der Waals surface area contributed by atoms with E-state index in [0.29, 0.717) is 0 Å². The number of amides is 1. The normalized spacial score (nSPS) is 22.5. The molecule has 0 aromatic heterocycles. The number of rotatable bonds is 5. The zero-order valence-electron chi connectivity index (χ0n) is 11.7. The maximum Gasteiger partial charge on any atom is 0.323 e. The second-order valence-corrected chi connectivity index (χ2v) is 7.10. The van der Waals surface area contributed by atoms with Crippen molar-refractivity contribution in [1.82, 2.24) is 9.62 Å². The summed E-state index contributed by atoms with van der Waals surface area (Å²) in [5.74, 6) is -1.93. The molecule has 0 spiro atoms. The molecule has 9 heteroatoms. The predicted octanol–water partition coefficient (Wildman–Crippen LogP) is -0.985. The second-order valence-electron chi connectivity index (χ2n) is 4.89. The molecule has 8 nitrogen and oxygen atoms in total. The average molecular weight is 308 g/mol. The molecule has 1 saturated heterocycles. The van der Waals surface area contributed by atoms with Crippen molar-refractivity contribution >= 4 is 21.9 Å². The zero-order valence-corrected chi connectivity index (χ0v) is 12.5. The number of hydrogen-bond acceptors (Lipinski definition) is 5. The zero-order chi connectivity index (χ0) is 15.5. The largest absolute Gasteiger partial charge is 0.480 e. The Morgan fingerprint density at radius 3 is 2.45 bits per heavy atom. The Bertz CT molecular complexity index is 475. The fourth-order valence-corrected chi connectivity index (χ4v) is 3.31. The van der Waals surface area contributed by atoms with Crippen molar-refractivity contribution < 1.29 is 27.9 Å². The summed E-state index contributed by atoms with van der Waals surface area (Å²) in [6.45, 7) is 4.61. The molecule has 1 amide bonds. The van der Waals surface area contributed by atoms with E-state index in [0.717, 1.165) is 11.2 Å². The molecular weight excluding hydrogens is 288 g/mol. The Hall–Kier alpha value is -1.19. The van der Waals surface area contributed by atoms with Crippen LogP contribution in [-0.4, -0.2) is 66.8 Å². The van der Waals surface area contributed by atoms with Gasteiger partial charge in [-0.1, -0.05) is 0 Å². The highest BCUT2D eigenvalue weighted by atomic mass is 32.2. The predicted molar refractivity (Wildman–Crippen MR) is 70.6 cm³/mol. The number of ether oxygens (including phenoxy) is 1. The molecule has 116 valence electrons. The molecular formula is C11H20N2O6S. The summed E-state index contributed by atoms with van der Waals surface area (Å²) in [7, 11) is -4.10. The van der Waals surface area contributed by atoms with E-state index in [4.69, 9.17) is 9.84 Å². The van der Waals surface area contributed by atoms with Gasteiger partial charge in [-0.05, 0) is 20.8 Å². The SMILES string of the molecule is CC(C)NC(=O)C1COCCN1S(=O)(=O)C(C)C(=O)O. The average Bonchev–Trinajstić information content (AvgIpc) is 2.36. The highest BCUT2D eigenvalue weighted by Gasteiger charge is 2.42. The first kappa shape index (κ1) is 16.9. The quantitative estimate of drug-likeness (QED) is 0.674. The van der Waals surface area contributed by atoms with Gasteiger partial charge in [0.25, 0.3) is 0 Å². The van der Waals surface area contributed by atoms with Crippen LogP contribution in [0.1, 0.15) is 20.8 Å². The van der Waals surface area contributed by atoms with Gasteiger partial charge in [-0.2, -0.15) is 4.31 Å². The van der Waals surface area contributed by atoms with Crippen LogP contribution in [0.25, 0.3) is 0 Å². The van der Waals surface area contributed by atoms with Crippen molar-refractivity contribution in [3.05, 3.63) is 0 Å². The Morgan fingerprint density at radius 2 is 1.95 bits per heavy atom. The van der Waals surface area contributed by atoms with Crippen LogP contribution >= 0.6 is 0 Å². The summed E-state index contributed by atoms with van der Waals surface area (Å²) < 4.78 is 30.5. The van der Waals surface area contributed by atoms with Gasteiger partial charge in [-0.15, -0.1) is 0 Å². The lowest BCUT2D eigenvalue weighted by molar-refractivity contribution is -0.136. The molecule has 1 rings (SSSR count). The minimum Gasteiger partial charge on any atom is -0.480 e. The lowest BCUT2D eigenvalue weighted by Crippen LogP contribution is -2.58. The van der Waals surface area contributed by atoms with Crippen molar-refractivity contribution in [3.8, 4) is 0 Å². The minimum absolute atomic E-state index is 0.0316. The van der Waals surface area contributed by atoms with E-state index < -0.39 is 33.2 Å². The summed E-state index contributed by atoms with van der Waals surface area (Å²) in [5, 5.41) is 9.89. The number of sulfonamides is 1. The molecule has 1 heterocycles. The van der Waals surface area contributed by atoms with Crippen LogP contribution < -0.4 is 5.32 Å². The molecule has 1 aliphatic rings. The first-order valence-corrected chi connectivity index (χ1v) is 7.79. The Kier molecular flexibility index (Phi) is 5.49. The van der Waals surface area contributed by atoms with Crippen LogP contribution in [0.3, 0.4) is 0 Å². The standard InChI is InChI=1S/C11H20N2O6S/c1-7(2)12-10(14)9-6-19-5-4-13(9)20(17,18)8(3)11(15)16/h7-9H,4-6H2,1-3H3,(H,12,14)(H,15,16). The van der Waals surface area contributed by atoms with Gasteiger partial charge in [0.15, 0.2) is 5.25 Å². The van der Waals surface area contributed by atoms with Crippen LogP contribution in [0.15, 0.2) is 0 Å². The van der Waals surface area contributed by atoms with E-state index in [1.54, 1.807) is 13.8 Å². The summed E-state index contributed by atoms with van der Waals surface area (Å²) in [5.41, 5.74) is 0. The third kappa shape index (κ3) is 3.68. The highest BCUT2D eigenvalue weighted by Crippen LogP contribution is 2.17. The van der Waals surface area contributed by atoms with Crippen molar-refractivity contribution in [2.75, 3.05) is 19.8 Å². The van der Waals surface area contributed by atoms with Crippen molar-refractivity contribution in [2.24, 2.45) is 0 Å². The molecule has 0 aromatic carbocycles.